The van der Waals surface area contributed by atoms with Gasteiger partial charge in [-0.2, -0.15) is 0 Å². The van der Waals surface area contributed by atoms with E-state index in [1.807, 2.05) is 12.1 Å². The van der Waals surface area contributed by atoms with Crippen molar-refractivity contribution in [2.45, 2.75) is 44.6 Å². The SMILES string of the molecule is O=C(CN1CCN(CC(=O)N2CCC[C@@H]3CCCC[C@@H]32)CC1)Nc1ccccc1Cl. The molecule has 30 heavy (non-hydrogen) atoms. The van der Waals surface area contributed by atoms with Crippen molar-refractivity contribution < 1.29 is 9.59 Å². The van der Waals surface area contributed by atoms with Crippen LogP contribution < -0.4 is 5.32 Å². The van der Waals surface area contributed by atoms with Crippen LogP contribution in [0.15, 0.2) is 24.3 Å². The van der Waals surface area contributed by atoms with Crippen LogP contribution in [0.4, 0.5) is 5.69 Å². The van der Waals surface area contributed by atoms with Crippen LogP contribution in [0.3, 0.4) is 0 Å². The minimum atomic E-state index is -0.0516. The lowest BCUT2D eigenvalue weighted by Crippen LogP contribution is -2.55. The zero-order chi connectivity index (χ0) is 20.9. The molecule has 1 aromatic rings. The van der Waals surface area contributed by atoms with Crippen LogP contribution >= 0.6 is 11.6 Å². The van der Waals surface area contributed by atoms with Gasteiger partial charge in [0.15, 0.2) is 0 Å². The summed E-state index contributed by atoms with van der Waals surface area (Å²) in [6.45, 7) is 5.05. The lowest BCUT2D eigenvalue weighted by molar-refractivity contribution is -0.139. The van der Waals surface area contributed by atoms with Crippen LogP contribution in [0.1, 0.15) is 38.5 Å². The first kappa shape index (κ1) is 21.6. The molecule has 1 saturated carbocycles. The van der Waals surface area contributed by atoms with Crippen molar-refractivity contribution in [2.24, 2.45) is 5.92 Å². The summed E-state index contributed by atoms with van der Waals surface area (Å²) < 4.78 is 0. The van der Waals surface area contributed by atoms with Gasteiger partial charge in [0.25, 0.3) is 0 Å². The lowest BCUT2D eigenvalue weighted by Gasteiger charge is -2.45. The minimum Gasteiger partial charge on any atom is -0.338 e. The molecule has 3 fully saturated rings. The Hall–Kier alpha value is -1.63. The number of nitrogens with one attached hydrogen (secondary N) is 1. The number of benzene rings is 1. The first-order chi connectivity index (χ1) is 14.6. The van der Waals surface area contributed by atoms with E-state index in [0.717, 1.165) is 45.1 Å². The van der Waals surface area contributed by atoms with Gasteiger partial charge in [-0.25, -0.2) is 0 Å². The van der Waals surface area contributed by atoms with Gasteiger partial charge in [-0.1, -0.05) is 36.6 Å². The number of para-hydroxylation sites is 1. The van der Waals surface area contributed by atoms with E-state index in [0.29, 0.717) is 35.7 Å². The Morgan fingerprint density at radius 1 is 0.900 bits per heavy atom. The summed E-state index contributed by atoms with van der Waals surface area (Å²) in [6, 6.07) is 7.76. The fourth-order valence-electron chi connectivity index (χ4n) is 5.28. The van der Waals surface area contributed by atoms with Crippen LogP contribution in [0.2, 0.25) is 5.02 Å². The molecule has 0 radical (unpaired) electrons. The minimum absolute atomic E-state index is 0.0516. The van der Waals surface area contributed by atoms with Gasteiger partial charge in [0.2, 0.25) is 11.8 Å². The fraction of sp³-hybridized carbons (Fsp3) is 0.652. The van der Waals surface area contributed by atoms with Crippen LogP contribution in [0, 0.1) is 5.92 Å². The Morgan fingerprint density at radius 2 is 1.57 bits per heavy atom. The number of amides is 2. The van der Waals surface area contributed by atoms with Crippen molar-refractivity contribution in [3.05, 3.63) is 29.3 Å². The van der Waals surface area contributed by atoms with Gasteiger partial charge >= 0.3 is 0 Å². The molecule has 164 valence electrons. The van der Waals surface area contributed by atoms with E-state index in [1.165, 1.54) is 32.1 Å². The van der Waals surface area contributed by atoms with Crippen molar-refractivity contribution in [3.8, 4) is 0 Å². The quantitative estimate of drug-likeness (QED) is 0.776. The Bertz CT molecular complexity index is 748. The first-order valence-electron chi connectivity index (χ1n) is 11.4. The van der Waals surface area contributed by atoms with Crippen molar-refractivity contribution >= 4 is 29.1 Å². The van der Waals surface area contributed by atoms with E-state index in [-0.39, 0.29) is 5.91 Å². The molecule has 2 saturated heterocycles. The molecular weight excluding hydrogens is 400 g/mol. The van der Waals surface area contributed by atoms with Gasteiger partial charge in [-0.3, -0.25) is 19.4 Å². The highest BCUT2D eigenvalue weighted by Gasteiger charge is 2.36. The maximum Gasteiger partial charge on any atom is 0.238 e. The molecule has 1 N–H and O–H groups in total. The zero-order valence-electron chi connectivity index (χ0n) is 17.7. The van der Waals surface area contributed by atoms with Crippen molar-refractivity contribution in [3.63, 3.8) is 0 Å². The number of halogens is 1. The number of likely N-dealkylation sites (tertiary alicyclic amines) is 1. The molecule has 1 aliphatic carbocycles. The second kappa shape index (κ2) is 10.1. The standard InChI is InChI=1S/C23H33ClN4O2/c24-19-8-2-3-9-20(19)25-22(29)16-26-12-14-27(15-13-26)17-23(30)28-11-5-7-18-6-1-4-10-21(18)28/h2-3,8-9,18,21H,1,4-7,10-17H2,(H,25,29)/t18-,21-/m0/s1. The molecule has 0 spiro atoms. The topological polar surface area (TPSA) is 55.9 Å². The molecule has 4 rings (SSSR count). The first-order valence-corrected chi connectivity index (χ1v) is 11.8. The number of carbonyl (C=O) groups excluding carboxylic acids is 2. The smallest absolute Gasteiger partial charge is 0.238 e. The van der Waals surface area contributed by atoms with Crippen LogP contribution in [0.5, 0.6) is 0 Å². The molecular formula is C23H33ClN4O2. The summed E-state index contributed by atoms with van der Waals surface area (Å²) in [6.07, 6.45) is 7.52. The van der Waals surface area contributed by atoms with Gasteiger partial charge in [-0.05, 0) is 43.7 Å². The summed E-state index contributed by atoms with van der Waals surface area (Å²) in [4.78, 5) is 31.9. The fourth-order valence-corrected chi connectivity index (χ4v) is 5.46. The third-order valence-electron chi connectivity index (χ3n) is 6.90. The van der Waals surface area contributed by atoms with E-state index in [1.54, 1.807) is 12.1 Å². The number of hydrogen-bond acceptors (Lipinski definition) is 4. The largest absolute Gasteiger partial charge is 0.338 e. The van der Waals surface area contributed by atoms with Gasteiger partial charge in [0, 0.05) is 38.8 Å². The van der Waals surface area contributed by atoms with E-state index in [4.69, 9.17) is 11.6 Å². The predicted octanol–water partition coefficient (Wildman–Crippen LogP) is 3.08. The third kappa shape index (κ3) is 5.34. The Morgan fingerprint density at radius 3 is 2.33 bits per heavy atom. The molecule has 6 nitrogen and oxygen atoms in total. The number of anilines is 1. The lowest BCUT2D eigenvalue weighted by atomic mass is 9.78. The van der Waals surface area contributed by atoms with Crippen LogP contribution in [-0.4, -0.2) is 78.4 Å². The van der Waals surface area contributed by atoms with Gasteiger partial charge < -0.3 is 10.2 Å². The molecule has 1 aromatic carbocycles. The Labute approximate surface area is 184 Å². The Kier molecular flexibility index (Phi) is 7.28. The highest BCUT2D eigenvalue weighted by atomic mass is 35.5. The summed E-state index contributed by atoms with van der Waals surface area (Å²) >= 11 is 6.11. The molecule has 2 amide bonds. The Balaban J connectivity index is 1.21. The molecule has 0 bridgehead atoms. The molecule has 3 aliphatic rings. The molecule has 2 aliphatic heterocycles. The molecule has 2 heterocycles. The number of piperazine rings is 1. The number of nitrogens with zero attached hydrogens (tertiary/aromatic N) is 3. The highest BCUT2D eigenvalue weighted by molar-refractivity contribution is 6.33. The van der Waals surface area contributed by atoms with E-state index >= 15 is 0 Å². The average Bonchev–Trinajstić information content (AvgIpc) is 2.76. The van der Waals surface area contributed by atoms with Crippen molar-refractivity contribution in [2.75, 3.05) is 51.1 Å². The van der Waals surface area contributed by atoms with E-state index in [9.17, 15) is 9.59 Å². The molecule has 0 unspecified atom stereocenters. The summed E-state index contributed by atoms with van der Waals surface area (Å²) in [5, 5.41) is 3.43. The monoisotopic (exact) mass is 432 g/mol. The van der Waals surface area contributed by atoms with Crippen molar-refractivity contribution in [1.82, 2.24) is 14.7 Å². The average molecular weight is 433 g/mol. The number of hydrogen-bond donors (Lipinski definition) is 1. The molecule has 0 aromatic heterocycles. The molecule has 7 heteroatoms. The van der Waals surface area contributed by atoms with Gasteiger partial charge in [0.1, 0.15) is 0 Å². The summed E-state index contributed by atoms with van der Waals surface area (Å²) in [5.41, 5.74) is 0.649. The van der Waals surface area contributed by atoms with Crippen LogP contribution in [-0.2, 0) is 9.59 Å². The van der Waals surface area contributed by atoms with Gasteiger partial charge in [0.05, 0.1) is 23.8 Å². The predicted molar refractivity (Wildman–Crippen MR) is 120 cm³/mol. The maximum atomic E-state index is 13.0. The van der Waals surface area contributed by atoms with Crippen LogP contribution in [0.25, 0.3) is 0 Å². The summed E-state index contributed by atoms with van der Waals surface area (Å²) in [7, 11) is 0. The second-order valence-electron chi connectivity index (χ2n) is 8.92. The number of rotatable bonds is 5. The third-order valence-corrected chi connectivity index (χ3v) is 7.23. The number of piperidine rings is 1. The number of fused-ring (bicyclic) bond motifs is 1. The maximum absolute atomic E-state index is 13.0. The van der Waals surface area contributed by atoms with E-state index < -0.39 is 0 Å². The number of carbonyl (C=O) groups is 2. The van der Waals surface area contributed by atoms with Crippen molar-refractivity contribution in [1.29, 1.82) is 0 Å². The molecule has 2 atom stereocenters. The summed E-state index contributed by atoms with van der Waals surface area (Å²) in [5.74, 6) is 0.978. The zero-order valence-corrected chi connectivity index (χ0v) is 18.4. The van der Waals surface area contributed by atoms with Gasteiger partial charge in [-0.15, -0.1) is 0 Å². The highest BCUT2D eigenvalue weighted by Crippen LogP contribution is 2.35. The second-order valence-corrected chi connectivity index (χ2v) is 9.33. The normalized spacial score (nSPS) is 25.6. The van der Waals surface area contributed by atoms with E-state index in [2.05, 4.69) is 20.0 Å².